The number of hydrogen-bond acceptors (Lipinski definition) is 3. The molecule has 0 aliphatic rings. The highest BCUT2D eigenvalue weighted by atomic mass is 16.1. The van der Waals surface area contributed by atoms with Gasteiger partial charge in [-0.15, -0.1) is 0 Å². The Hall–Kier alpha value is -0.410. The fourth-order valence-electron chi connectivity index (χ4n) is 1.73. The lowest BCUT2D eigenvalue weighted by Gasteiger charge is -2.21. The summed E-state index contributed by atoms with van der Waals surface area (Å²) in [7, 11) is 0. The molecule has 0 aromatic rings. The predicted octanol–water partition coefficient (Wildman–Crippen LogP) is 2.10. The van der Waals surface area contributed by atoms with E-state index in [4.69, 9.17) is 5.73 Å². The molecule has 3 heteroatoms. The van der Waals surface area contributed by atoms with Crippen LogP contribution in [-0.2, 0) is 4.79 Å². The Balaban J connectivity index is 4.04. The van der Waals surface area contributed by atoms with Gasteiger partial charge < -0.3 is 11.1 Å². The summed E-state index contributed by atoms with van der Waals surface area (Å²) >= 11 is 0. The van der Waals surface area contributed by atoms with Crippen molar-refractivity contribution in [2.75, 3.05) is 6.54 Å². The van der Waals surface area contributed by atoms with E-state index >= 15 is 0 Å². The van der Waals surface area contributed by atoms with Gasteiger partial charge in [-0.05, 0) is 19.4 Å². The number of rotatable bonds is 9. The monoisotopic (exact) mass is 228 g/mol. The third-order valence-corrected chi connectivity index (χ3v) is 2.67. The van der Waals surface area contributed by atoms with Crippen LogP contribution in [0.3, 0.4) is 0 Å². The Morgan fingerprint density at radius 2 is 1.81 bits per heavy atom. The van der Waals surface area contributed by atoms with E-state index in [9.17, 15) is 4.79 Å². The zero-order valence-electron chi connectivity index (χ0n) is 11.3. The minimum atomic E-state index is 0.144. The Morgan fingerprint density at radius 3 is 2.25 bits per heavy atom. The van der Waals surface area contributed by atoms with Crippen LogP contribution in [0, 0.1) is 5.92 Å². The minimum absolute atomic E-state index is 0.144. The summed E-state index contributed by atoms with van der Waals surface area (Å²) in [6.45, 7) is 8.92. The zero-order chi connectivity index (χ0) is 12.6. The van der Waals surface area contributed by atoms with Crippen LogP contribution >= 0.6 is 0 Å². The van der Waals surface area contributed by atoms with E-state index in [1.165, 1.54) is 0 Å². The molecule has 0 saturated carbocycles. The molecule has 0 bridgehead atoms. The lowest BCUT2D eigenvalue weighted by molar-refractivity contribution is -0.122. The van der Waals surface area contributed by atoms with Gasteiger partial charge in [0.1, 0.15) is 5.78 Å². The van der Waals surface area contributed by atoms with Gasteiger partial charge in [0.25, 0.3) is 0 Å². The van der Waals surface area contributed by atoms with Crippen molar-refractivity contribution in [2.24, 2.45) is 11.7 Å². The molecule has 0 amide bonds. The van der Waals surface area contributed by atoms with E-state index in [1.807, 2.05) is 13.8 Å². The Morgan fingerprint density at radius 1 is 1.19 bits per heavy atom. The normalized spacial score (nSPS) is 13.4. The molecular formula is C13H28N2O. The van der Waals surface area contributed by atoms with Crippen LogP contribution in [0.1, 0.15) is 53.4 Å². The van der Waals surface area contributed by atoms with Crippen LogP contribution in [-0.4, -0.2) is 24.4 Å². The number of ketones is 1. The first-order chi connectivity index (χ1) is 7.47. The van der Waals surface area contributed by atoms with Crippen molar-refractivity contribution >= 4 is 5.78 Å². The standard InChI is InChI=1S/C13H28N2O/c1-10(2)13(16)9-12(15-11(3)4)7-5-6-8-14/h10-12,15H,5-9,14H2,1-4H3/t12-/m0/s1. The SMILES string of the molecule is CC(C)N[C@@H](CCCCN)CC(=O)C(C)C. The number of unbranched alkanes of at least 4 members (excludes halogenated alkanes) is 1. The van der Waals surface area contributed by atoms with Gasteiger partial charge in [0.2, 0.25) is 0 Å². The molecule has 3 N–H and O–H groups in total. The van der Waals surface area contributed by atoms with Crippen molar-refractivity contribution in [3.63, 3.8) is 0 Å². The van der Waals surface area contributed by atoms with E-state index in [1.54, 1.807) is 0 Å². The second-order valence-electron chi connectivity index (χ2n) is 5.13. The highest BCUT2D eigenvalue weighted by molar-refractivity contribution is 5.80. The van der Waals surface area contributed by atoms with Gasteiger partial charge in [-0.3, -0.25) is 4.79 Å². The van der Waals surface area contributed by atoms with E-state index in [0.29, 0.717) is 24.3 Å². The molecule has 1 atom stereocenters. The summed E-state index contributed by atoms with van der Waals surface area (Å²) in [6, 6.07) is 0.754. The molecule has 0 fully saturated rings. The third-order valence-electron chi connectivity index (χ3n) is 2.67. The maximum absolute atomic E-state index is 11.7. The van der Waals surface area contributed by atoms with Gasteiger partial charge in [-0.25, -0.2) is 0 Å². The number of hydrogen-bond donors (Lipinski definition) is 2. The molecule has 0 aromatic carbocycles. The average molecular weight is 228 g/mol. The minimum Gasteiger partial charge on any atom is -0.330 e. The van der Waals surface area contributed by atoms with Crippen molar-refractivity contribution in [2.45, 2.75) is 65.5 Å². The van der Waals surface area contributed by atoms with Gasteiger partial charge >= 0.3 is 0 Å². The summed E-state index contributed by atoms with van der Waals surface area (Å²) in [4.78, 5) is 11.7. The smallest absolute Gasteiger partial charge is 0.136 e. The lowest BCUT2D eigenvalue weighted by Crippen LogP contribution is -2.37. The molecule has 0 aliphatic heterocycles. The van der Waals surface area contributed by atoms with Crippen LogP contribution in [0.4, 0.5) is 0 Å². The van der Waals surface area contributed by atoms with Crippen LogP contribution in [0.15, 0.2) is 0 Å². The summed E-state index contributed by atoms with van der Waals surface area (Å²) in [6.07, 6.45) is 3.85. The predicted molar refractivity (Wildman–Crippen MR) is 69.4 cm³/mol. The number of nitrogens with two attached hydrogens (primary N) is 1. The Bertz CT molecular complexity index is 190. The zero-order valence-corrected chi connectivity index (χ0v) is 11.3. The number of nitrogens with one attached hydrogen (secondary N) is 1. The first-order valence-corrected chi connectivity index (χ1v) is 6.46. The molecule has 3 nitrogen and oxygen atoms in total. The molecule has 0 spiro atoms. The van der Waals surface area contributed by atoms with Crippen LogP contribution in [0.25, 0.3) is 0 Å². The molecule has 0 aliphatic carbocycles. The molecule has 0 saturated heterocycles. The van der Waals surface area contributed by atoms with Gasteiger partial charge in [-0.2, -0.15) is 0 Å². The van der Waals surface area contributed by atoms with Gasteiger partial charge in [0.15, 0.2) is 0 Å². The fraction of sp³-hybridized carbons (Fsp3) is 0.923. The molecule has 96 valence electrons. The van der Waals surface area contributed by atoms with Crippen molar-refractivity contribution in [1.29, 1.82) is 0 Å². The van der Waals surface area contributed by atoms with E-state index in [2.05, 4.69) is 19.2 Å². The van der Waals surface area contributed by atoms with Crippen molar-refractivity contribution < 1.29 is 4.79 Å². The molecular weight excluding hydrogens is 200 g/mol. The summed E-state index contributed by atoms with van der Waals surface area (Å²) in [5.41, 5.74) is 5.48. The number of Topliss-reactive ketones (excluding diaryl/α,β-unsaturated/α-hetero) is 1. The van der Waals surface area contributed by atoms with Crippen LogP contribution in [0.5, 0.6) is 0 Å². The average Bonchev–Trinajstić information content (AvgIpc) is 2.16. The van der Waals surface area contributed by atoms with Gasteiger partial charge in [0, 0.05) is 24.4 Å². The number of carbonyl (C=O) groups is 1. The molecule has 16 heavy (non-hydrogen) atoms. The molecule has 0 radical (unpaired) electrons. The molecule has 0 heterocycles. The lowest BCUT2D eigenvalue weighted by atomic mass is 9.97. The molecule has 0 unspecified atom stereocenters. The highest BCUT2D eigenvalue weighted by Crippen LogP contribution is 2.09. The van der Waals surface area contributed by atoms with Crippen molar-refractivity contribution in [1.82, 2.24) is 5.32 Å². The first kappa shape index (κ1) is 15.6. The molecule has 0 rings (SSSR count). The maximum atomic E-state index is 11.7. The maximum Gasteiger partial charge on any atom is 0.136 e. The second kappa shape index (κ2) is 8.71. The topological polar surface area (TPSA) is 55.1 Å². The first-order valence-electron chi connectivity index (χ1n) is 6.46. The Kier molecular flexibility index (Phi) is 8.49. The van der Waals surface area contributed by atoms with E-state index in [0.717, 1.165) is 25.8 Å². The summed E-state index contributed by atoms with van der Waals surface area (Å²) in [5, 5.41) is 3.46. The summed E-state index contributed by atoms with van der Waals surface area (Å²) in [5.74, 6) is 0.497. The van der Waals surface area contributed by atoms with Crippen molar-refractivity contribution in [3.8, 4) is 0 Å². The quantitative estimate of drug-likeness (QED) is 0.594. The van der Waals surface area contributed by atoms with E-state index in [-0.39, 0.29) is 5.92 Å². The highest BCUT2D eigenvalue weighted by Gasteiger charge is 2.16. The number of carbonyl (C=O) groups excluding carboxylic acids is 1. The van der Waals surface area contributed by atoms with E-state index < -0.39 is 0 Å². The molecule has 0 aromatic heterocycles. The third kappa shape index (κ3) is 7.83. The van der Waals surface area contributed by atoms with Crippen LogP contribution in [0.2, 0.25) is 0 Å². The second-order valence-corrected chi connectivity index (χ2v) is 5.13. The summed E-state index contributed by atoms with van der Waals surface area (Å²) < 4.78 is 0. The fourth-order valence-corrected chi connectivity index (χ4v) is 1.73. The Labute approximate surface area is 100 Å². The van der Waals surface area contributed by atoms with Gasteiger partial charge in [-0.1, -0.05) is 34.1 Å². The van der Waals surface area contributed by atoms with Crippen LogP contribution < -0.4 is 11.1 Å². The van der Waals surface area contributed by atoms with Gasteiger partial charge in [0.05, 0.1) is 0 Å². The largest absolute Gasteiger partial charge is 0.330 e. The van der Waals surface area contributed by atoms with Crippen molar-refractivity contribution in [3.05, 3.63) is 0 Å².